The van der Waals surface area contributed by atoms with Gasteiger partial charge in [0.1, 0.15) is 0 Å². The maximum atomic E-state index is 11.3. The highest BCUT2D eigenvalue weighted by Gasteiger charge is 2.07. The predicted molar refractivity (Wildman–Crippen MR) is 73.2 cm³/mol. The van der Waals surface area contributed by atoms with Crippen LogP contribution in [0.4, 0.5) is 0 Å². The molecule has 19 heavy (non-hydrogen) atoms. The number of nitrogens with one attached hydrogen (secondary N) is 1. The number of pyridine rings is 1. The highest BCUT2D eigenvalue weighted by molar-refractivity contribution is 7.99. The van der Waals surface area contributed by atoms with Crippen molar-refractivity contribution in [1.29, 1.82) is 0 Å². The van der Waals surface area contributed by atoms with Crippen molar-refractivity contribution in [3.05, 3.63) is 46.1 Å². The molecule has 2 rings (SSSR count). The van der Waals surface area contributed by atoms with E-state index in [2.05, 4.69) is 15.0 Å². The van der Waals surface area contributed by atoms with E-state index in [0.717, 1.165) is 4.90 Å². The van der Waals surface area contributed by atoms with E-state index in [0.29, 0.717) is 23.0 Å². The molecule has 2 aromatic rings. The van der Waals surface area contributed by atoms with Crippen molar-refractivity contribution in [2.45, 2.75) is 36.4 Å². The summed E-state index contributed by atoms with van der Waals surface area (Å²) in [4.78, 5) is 23.3. The molecule has 2 N–H and O–H groups in total. The van der Waals surface area contributed by atoms with Crippen molar-refractivity contribution in [3.8, 4) is 0 Å². The van der Waals surface area contributed by atoms with E-state index in [1.54, 1.807) is 19.2 Å². The average Bonchev–Trinajstić information content (AvgIpc) is 2.37. The third-order valence-corrected chi connectivity index (χ3v) is 3.41. The van der Waals surface area contributed by atoms with Gasteiger partial charge in [0, 0.05) is 22.9 Å². The lowest BCUT2D eigenvalue weighted by molar-refractivity contribution is 0.169. The van der Waals surface area contributed by atoms with E-state index in [4.69, 9.17) is 0 Å². The highest BCUT2D eigenvalue weighted by Crippen LogP contribution is 2.24. The Morgan fingerprint density at radius 1 is 1.47 bits per heavy atom. The number of hydrogen-bond acceptors (Lipinski definition) is 5. The molecule has 0 saturated carbocycles. The van der Waals surface area contributed by atoms with Crippen molar-refractivity contribution in [1.82, 2.24) is 15.0 Å². The molecular weight excluding hydrogens is 262 g/mol. The normalized spacial score (nSPS) is 12.4. The minimum atomic E-state index is -0.532. The molecule has 0 unspecified atom stereocenters. The van der Waals surface area contributed by atoms with Gasteiger partial charge in [-0.2, -0.15) is 0 Å². The van der Waals surface area contributed by atoms with Crippen LogP contribution in [0.3, 0.4) is 0 Å². The number of aryl methyl sites for hydroxylation is 1. The van der Waals surface area contributed by atoms with E-state index in [9.17, 15) is 9.90 Å². The largest absolute Gasteiger partial charge is 0.387 e. The summed E-state index contributed by atoms with van der Waals surface area (Å²) in [6.45, 7) is 3.68. The summed E-state index contributed by atoms with van der Waals surface area (Å²) in [6, 6.07) is 5.08. The molecule has 0 aromatic carbocycles. The number of hydrogen-bond donors (Lipinski definition) is 2. The molecule has 2 heterocycles. The van der Waals surface area contributed by atoms with Crippen LogP contribution in [0.15, 0.2) is 39.2 Å². The molecule has 0 fully saturated rings. The van der Waals surface area contributed by atoms with Crippen molar-refractivity contribution >= 4 is 11.8 Å². The van der Waals surface area contributed by atoms with E-state index < -0.39 is 6.10 Å². The Kier molecular flexibility index (Phi) is 4.34. The van der Waals surface area contributed by atoms with Gasteiger partial charge in [0.25, 0.3) is 5.56 Å². The van der Waals surface area contributed by atoms with Gasteiger partial charge in [0.05, 0.1) is 11.8 Å². The fraction of sp³-hybridized carbons (Fsp3) is 0.308. The fourth-order valence-corrected chi connectivity index (χ4v) is 2.38. The Morgan fingerprint density at radius 2 is 2.26 bits per heavy atom. The van der Waals surface area contributed by atoms with Crippen LogP contribution < -0.4 is 5.56 Å². The van der Waals surface area contributed by atoms with Crippen LogP contribution in [0.2, 0.25) is 0 Å². The van der Waals surface area contributed by atoms with Crippen LogP contribution in [0.25, 0.3) is 0 Å². The van der Waals surface area contributed by atoms with E-state index in [1.807, 2.05) is 13.0 Å². The van der Waals surface area contributed by atoms with Crippen molar-refractivity contribution in [3.63, 3.8) is 0 Å². The third kappa shape index (κ3) is 3.65. The highest BCUT2D eigenvalue weighted by atomic mass is 32.2. The second kappa shape index (κ2) is 5.99. The van der Waals surface area contributed by atoms with E-state index >= 15 is 0 Å². The first-order valence-corrected chi connectivity index (χ1v) is 6.80. The molecule has 0 spiro atoms. The standard InChI is InChI=1S/C13H15N3O2S/c1-3-11(17)10-5-4-9(7-14-10)19-13-15-8(2)6-12(18)16-13/h4-7,11,17H,3H2,1-2H3,(H,15,16,18)/t11-/m1/s1. The molecule has 0 amide bonds. The van der Waals surface area contributed by atoms with Gasteiger partial charge in [0.2, 0.25) is 0 Å². The minimum Gasteiger partial charge on any atom is -0.387 e. The number of H-pyrrole nitrogens is 1. The second-order valence-corrected chi connectivity index (χ2v) is 5.20. The topological polar surface area (TPSA) is 78.9 Å². The number of aliphatic hydroxyl groups is 1. The Balaban J connectivity index is 2.17. The summed E-state index contributed by atoms with van der Waals surface area (Å²) in [5.74, 6) is 0. The molecule has 5 nitrogen and oxygen atoms in total. The summed E-state index contributed by atoms with van der Waals surface area (Å²) in [5.41, 5.74) is 1.16. The molecule has 0 aliphatic heterocycles. The fourth-order valence-electron chi connectivity index (χ4n) is 1.57. The lowest BCUT2D eigenvalue weighted by Crippen LogP contribution is -2.07. The predicted octanol–water partition coefficient (Wildman–Crippen LogP) is 2.07. The first-order valence-electron chi connectivity index (χ1n) is 5.98. The SMILES string of the molecule is CC[C@@H](O)c1ccc(Sc2nc(C)cc(=O)[nH]2)cn1. The third-order valence-electron chi connectivity index (χ3n) is 2.55. The molecule has 6 heteroatoms. The zero-order valence-corrected chi connectivity index (χ0v) is 11.6. The van der Waals surface area contributed by atoms with Crippen LogP contribution in [-0.4, -0.2) is 20.1 Å². The van der Waals surface area contributed by atoms with Gasteiger partial charge in [-0.1, -0.05) is 18.7 Å². The smallest absolute Gasteiger partial charge is 0.251 e. The van der Waals surface area contributed by atoms with Gasteiger partial charge in [-0.05, 0) is 25.5 Å². The van der Waals surface area contributed by atoms with Crippen LogP contribution in [-0.2, 0) is 0 Å². The minimum absolute atomic E-state index is 0.166. The zero-order chi connectivity index (χ0) is 13.8. The lowest BCUT2D eigenvalue weighted by atomic mass is 10.2. The van der Waals surface area contributed by atoms with Crippen molar-refractivity contribution < 1.29 is 5.11 Å². The number of aliphatic hydroxyl groups excluding tert-OH is 1. The van der Waals surface area contributed by atoms with Crippen LogP contribution in [0, 0.1) is 6.92 Å². The van der Waals surface area contributed by atoms with Gasteiger partial charge in [-0.25, -0.2) is 4.98 Å². The van der Waals surface area contributed by atoms with Gasteiger partial charge < -0.3 is 10.1 Å². The van der Waals surface area contributed by atoms with Gasteiger partial charge >= 0.3 is 0 Å². The molecule has 0 bridgehead atoms. The summed E-state index contributed by atoms with van der Waals surface area (Å²) >= 11 is 1.33. The van der Waals surface area contributed by atoms with Crippen LogP contribution in [0.5, 0.6) is 0 Å². The number of aromatic amines is 1. The van der Waals surface area contributed by atoms with E-state index in [-0.39, 0.29) is 5.56 Å². The first-order chi connectivity index (χ1) is 9.08. The summed E-state index contributed by atoms with van der Waals surface area (Å²) in [6.07, 6.45) is 1.77. The van der Waals surface area contributed by atoms with E-state index in [1.165, 1.54) is 17.8 Å². The molecule has 100 valence electrons. The van der Waals surface area contributed by atoms with Crippen LogP contribution >= 0.6 is 11.8 Å². The molecular formula is C13H15N3O2S. The Hall–Kier alpha value is -1.66. The average molecular weight is 277 g/mol. The van der Waals surface area contributed by atoms with Crippen LogP contribution in [0.1, 0.15) is 30.8 Å². The summed E-state index contributed by atoms with van der Waals surface area (Å²) < 4.78 is 0. The second-order valence-electron chi connectivity index (χ2n) is 4.14. The number of rotatable bonds is 4. The monoisotopic (exact) mass is 277 g/mol. The maximum Gasteiger partial charge on any atom is 0.251 e. The van der Waals surface area contributed by atoms with Gasteiger partial charge in [0.15, 0.2) is 5.16 Å². The van der Waals surface area contributed by atoms with Gasteiger partial charge in [-0.15, -0.1) is 0 Å². The Labute approximate surface area is 115 Å². The Morgan fingerprint density at radius 3 is 2.84 bits per heavy atom. The van der Waals surface area contributed by atoms with Crippen molar-refractivity contribution in [2.75, 3.05) is 0 Å². The summed E-state index contributed by atoms with van der Waals surface area (Å²) in [5, 5.41) is 10.2. The zero-order valence-electron chi connectivity index (χ0n) is 10.8. The molecule has 2 aromatic heterocycles. The maximum absolute atomic E-state index is 11.3. The van der Waals surface area contributed by atoms with Gasteiger partial charge in [-0.3, -0.25) is 9.78 Å². The molecule has 1 atom stereocenters. The quantitative estimate of drug-likeness (QED) is 0.836. The van der Waals surface area contributed by atoms with Crippen molar-refractivity contribution in [2.24, 2.45) is 0 Å². The molecule has 0 saturated heterocycles. The summed E-state index contributed by atoms with van der Waals surface area (Å²) in [7, 11) is 0. The molecule has 0 radical (unpaired) electrons. The first kappa shape index (κ1) is 13.8. The molecule has 0 aliphatic carbocycles. The number of nitrogens with zero attached hydrogens (tertiary/aromatic N) is 2. The molecule has 0 aliphatic rings. The lowest BCUT2D eigenvalue weighted by Gasteiger charge is -2.07. The Bertz CT molecular complexity index is 610. The number of aromatic nitrogens is 3.